The fraction of sp³-hybridized carbons (Fsp3) is 0.588. The highest BCUT2D eigenvalue weighted by atomic mass is 16.6. The van der Waals surface area contributed by atoms with Crippen molar-refractivity contribution in [1.29, 1.82) is 0 Å². The Kier molecular flexibility index (Phi) is 3.66. The van der Waals surface area contributed by atoms with Crippen LogP contribution in [-0.2, 0) is 11.3 Å². The normalized spacial score (nSPS) is 25.4. The van der Waals surface area contributed by atoms with Gasteiger partial charge in [-0.2, -0.15) is 0 Å². The molecule has 2 heterocycles. The Bertz CT molecular complexity index is 509. The molecule has 2 saturated heterocycles. The Morgan fingerprint density at radius 3 is 2.48 bits per heavy atom. The standard InChI is InChI=1S/C17H24N2O2/c1-17(2,3)21-16(20)19-12-14-9-15(19)11-18(14)10-13-7-5-4-6-8-13/h4-8,14-15H,9-12H2,1-3H3. The number of hydrogen-bond donors (Lipinski definition) is 0. The van der Waals surface area contributed by atoms with E-state index in [0.29, 0.717) is 12.1 Å². The number of amides is 1. The van der Waals surface area contributed by atoms with Gasteiger partial charge in [0.15, 0.2) is 0 Å². The smallest absolute Gasteiger partial charge is 0.410 e. The molecule has 114 valence electrons. The molecule has 0 saturated carbocycles. The van der Waals surface area contributed by atoms with E-state index in [0.717, 1.165) is 26.1 Å². The molecule has 2 fully saturated rings. The first-order valence-electron chi connectivity index (χ1n) is 7.70. The molecule has 2 bridgehead atoms. The van der Waals surface area contributed by atoms with E-state index in [2.05, 4.69) is 29.2 Å². The van der Waals surface area contributed by atoms with Gasteiger partial charge >= 0.3 is 6.09 Å². The molecule has 3 rings (SSSR count). The number of ether oxygens (including phenoxy) is 1. The summed E-state index contributed by atoms with van der Waals surface area (Å²) in [6.07, 6.45) is 0.917. The van der Waals surface area contributed by atoms with Gasteiger partial charge in [-0.25, -0.2) is 4.79 Å². The van der Waals surface area contributed by atoms with Crippen LogP contribution in [0.4, 0.5) is 4.79 Å². The summed E-state index contributed by atoms with van der Waals surface area (Å²) in [4.78, 5) is 16.6. The molecule has 2 aliphatic heterocycles. The van der Waals surface area contributed by atoms with Gasteiger partial charge in [0.05, 0.1) is 0 Å². The van der Waals surface area contributed by atoms with E-state index in [1.807, 2.05) is 31.7 Å². The van der Waals surface area contributed by atoms with E-state index in [4.69, 9.17) is 4.74 Å². The molecule has 0 aliphatic carbocycles. The minimum absolute atomic E-state index is 0.158. The van der Waals surface area contributed by atoms with Crippen LogP contribution in [-0.4, -0.2) is 46.7 Å². The van der Waals surface area contributed by atoms with Gasteiger partial charge in [0.2, 0.25) is 0 Å². The van der Waals surface area contributed by atoms with Crippen LogP contribution in [0.3, 0.4) is 0 Å². The molecule has 0 radical (unpaired) electrons. The summed E-state index contributed by atoms with van der Waals surface area (Å²) < 4.78 is 5.50. The SMILES string of the molecule is CC(C)(C)OC(=O)N1CC2CC1CN2Cc1ccccc1. The van der Waals surface area contributed by atoms with Crippen LogP contribution >= 0.6 is 0 Å². The number of carbonyl (C=O) groups is 1. The van der Waals surface area contributed by atoms with E-state index < -0.39 is 5.60 Å². The van der Waals surface area contributed by atoms with Crippen molar-refractivity contribution in [2.45, 2.75) is 51.4 Å². The van der Waals surface area contributed by atoms with Gasteiger partial charge in [0.25, 0.3) is 0 Å². The monoisotopic (exact) mass is 288 g/mol. The molecule has 4 nitrogen and oxygen atoms in total. The molecule has 1 aromatic carbocycles. The summed E-state index contributed by atoms with van der Waals surface area (Å²) >= 11 is 0. The van der Waals surface area contributed by atoms with Gasteiger partial charge in [0, 0.05) is 31.7 Å². The molecular weight excluding hydrogens is 264 g/mol. The number of rotatable bonds is 2. The van der Waals surface area contributed by atoms with Crippen LogP contribution < -0.4 is 0 Å². The maximum atomic E-state index is 12.2. The van der Waals surface area contributed by atoms with Crippen molar-refractivity contribution in [2.75, 3.05) is 13.1 Å². The van der Waals surface area contributed by atoms with E-state index in [-0.39, 0.29) is 6.09 Å². The number of piperazine rings is 1. The van der Waals surface area contributed by atoms with Gasteiger partial charge in [-0.3, -0.25) is 4.90 Å². The van der Waals surface area contributed by atoms with Crippen molar-refractivity contribution in [3.05, 3.63) is 35.9 Å². The number of likely N-dealkylation sites (tertiary alicyclic amines) is 2. The quantitative estimate of drug-likeness (QED) is 0.839. The lowest BCUT2D eigenvalue weighted by atomic mass is 10.2. The highest BCUT2D eigenvalue weighted by Crippen LogP contribution is 2.32. The fourth-order valence-corrected chi connectivity index (χ4v) is 3.31. The zero-order valence-electron chi connectivity index (χ0n) is 13.1. The molecule has 0 aromatic heterocycles. The lowest BCUT2D eigenvalue weighted by Gasteiger charge is -2.35. The van der Waals surface area contributed by atoms with Gasteiger partial charge < -0.3 is 9.64 Å². The molecule has 1 amide bonds. The Morgan fingerprint density at radius 1 is 1.19 bits per heavy atom. The fourth-order valence-electron chi connectivity index (χ4n) is 3.31. The number of benzene rings is 1. The Balaban J connectivity index is 1.58. The number of carbonyl (C=O) groups excluding carboxylic acids is 1. The molecule has 1 aromatic rings. The predicted molar refractivity (Wildman–Crippen MR) is 82.0 cm³/mol. The zero-order valence-corrected chi connectivity index (χ0v) is 13.1. The Morgan fingerprint density at radius 2 is 1.90 bits per heavy atom. The predicted octanol–water partition coefficient (Wildman–Crippen LogP) is 2.88. The summed E-state index contributed by atoms with van der Waals surface area (Å²) in [5, 5.41) is 0. The first-order valence-corrected chi connectivity index (χ1v) is 7.70. The van der Waals surface area contributed by atoms with Crippen LogP contribution in [0.5, 0.6) is 0 Å². The minimum Gasteiger partial charge on any atom is -0.444 e. The van der Waals surface area contributed by atoms with Crippen LogP contribution in [0.2, 0.25) is 0 Å². The Hall–Kier alpha value is -1.55. The second-order valence-electron chi connectivity index (χ2n) is 7.09. The zero-order chi connectivity index (χ0) is 15.0. The van der Waals surface area contributed by atoms with Crippen LogP contribution in [0.1, 0.15) is 32.8 Å². The molecule has 2 atom stereocenters. The number of fused-ring (bicyclic) bond motifs is 2. The van der Waals surface area contributed by atoms with Crippen molar-refractivity contribution in [1.82, 2.24) is 9.80 Å². The summed E-state index contributed by atoms with van der Waals surface area (Å²) in [5.41, 5.74) is 0.927. The second kappa shape index (κ2) is 5.34. The third-order valence-electron chi connectivity index (χ3n) is 4.21. The highest BCUT2D eigenvalue weighted by Gasteiger charge is 2.46. The minimum atomic E-state index is -0.414. The maximum Gasteiger partial charge on any atom is 0.410 e. The lowest BCUT2D eigenvalue weighted by molar-refractivity contribution is 0.0124. The molecule has 0 spiro atoms. The van der Waals surface area contributed by atoms with Crippen molar-refractivity contribution >= 4 is 6.09 Å². The maximum absolute atomic E-state index is 12.2. The van der Waals surface area contributed by atoms with Crippen LogP contribution in [0.15, 0.2) is 30.3 Å². The van der Waals surface area contributed by atoms with E-state index in [1.165, 1.54) is 5.56 Å². The van der Waals surface area contributed by atoms with Crippen LogP contribution in [0, 0.1) is 0 Å². The van der Waals surface area contributed by atoms with E-state index >= 15 is 0 Å². The van der Waals surface area contributed by atoms with Gasteiger partial charge in [0.1, 0.15) is 5.60 Å². The number of nitrogens with zero attached hydrogens (tertiary/aromatic N) is 2. The van der Waals surface area contributed by atoms with Gasteiger partial charge in [-0.05, 0) is 32.8 Å². The third kappa shape index (κ3) is 3.21. The number of hydrogen-bond acceptors (Lipinski definition) is 3. The first kappa shape index (κ1) is 14.4. The lowest BCUT2D eigenvalue weighted by Crippen LogP contribution is -2.49. The van der Waals surface area contributed by atoms with E-state index in [9.17, 15) is 4.79 Å². The Labute approximate surface area is 126 Å². The van der Waals surface area contributed by atoms with Crippen molar-refractivity contribution in [2.24, 2.45) is 0 Å². The van der Waals surface area contributed by atoms with Gasteiger partial charge in [-0.15, -0.1) is 0 Å². The average Bonchev–Trinajstić information content (AvgIpc) is 2.97. The largest absolute Gasteiger partial charge is 0.444 e. The molecule has 21 heavy (non-hydrogen) atoms. The molecule has 0 N–H and O–H groups in total. The van der Waals surface area contributed by atoms with Crippen molar-refractivity contribution < 1.29 is 9.53 Å². The van der Waals surface area contributed by atoms with E-state index in [1.54, 1.807) is 0 Å². The average molecular weight is 288 g/mol. The van der Waals surface area contributed by atoms with Crippen molar-refractivity contribution in [3.8, 4) is 0 Å². The summed E-state index contributed by atoms with van der Waals surface area (Å²) in [7, 11) is 0. The third-order valence-corrected chi connectivity index (χ3v) is 4.21. The first-order chi connectivity index (χ1) is 9.92. The summed E-state index contributed by atoms with van der Waals surface area (Å²) in [6.45, 7) is 8.48. The summed E-state index contributed by atoms with van der Waals surface area (Å²) in [6, 6.07) is 11.3. The molecular formula is C17H24N2O2. The highest BCUT2D eigenvalue weighted by molar-refractivity contribution is 5.69. The summed E-state index contributed by atoms with van der Waals surface area (Å²) in [5.74, 6) is 0. The molecule has 2 aliphatic rings. The van der Waals surface area contributed by atoms with Gasteiger partial charge in [-0.1, -0.05) is 30.3 Å². The van der Waals surface area contributed by atoms with Crippen molar-refractivity contribution in [3.63, 3.8) is 0 Å². The topological polar surface area (TPSA) is 32.8 Å². The molecule has 4 heteroatoms. The second-order valence-corrected chi connectivity index (χ2v) is 7.09. The van der Waals surface area contributed by atoms with Crippen LogP contribution in [0.25, 0.3) is 0 Å². The molecule has 2 unspecified atom stereocenters.